The molecule has 0 saturated carbocycles. The predicted octanol–water partition coefficient (Wildman–Crippen LogP) is 2.17. The smallest absolute Gasteiger partial charge is 0.407 e. The molecule has 1 aromatic carbocycles. The van der Waals surface area contributed by atoms with E-state index in [9.17, 15) is 9.18 Å². The molecule has 1 atom stereocenters. The fourth-order valence-corrected chi connectivity index (χ4v) is 1.78. The molecular weight excluding hydrogens is 197 g/mol. The number of nitrogens with one attached hydrogen (secondary N) is 1. The summed E-state index contributed by atoms with van der Waals surface area (Å²) in [6.07, 6.45) is 0.0756. The van der Waals surface area contributed by atoms with Crippen LogP contribution in [0.5, 0.6) is 0 Å². The second kappa shape index (κ2) is 3.53. The monoisotopic (exact) mass is 209 g/mol. The van der Waals surface area contributed by atoms with E-state index < -0.39 is 11.6 Å². The van der Waals surface area contributed by atoms with Gasteiger partial charge >= 0.3 is 6.09 Å². The summed E-state index contributed by atoms with van der Waals surface area (Å²) >= 11 is 0. The lowest BCUT2D eigenvalue weighted by Gasteiger charge is -2.34. The Balaban J connectivity index is 2.36. The maximum atomic E-state index is 13.6. The van der Waals surface area contributed by atoms with Crippen LogP contribution in [0.1, 0.15) is 18.9 Å². The van der Waals surface area contributed by atoms with Crippen LogP contribution in [0.15, 0.2) is 24.3 Å². The maximum Gasteiger partial charge on any atom is 0.407 e. The van der Waals surface area contributed by atoms with Gasteiger partial charge in [0.25, 0.3) is 0 Å². The van der Waals surface area contributed by atoms with Crippen LogP contribution >= 0.6 is 0 Å². The van der Waals surface area contributed by atoms with E-state index in [-0.39, 0.29) is 5.82 Å². The molecule has 1 aliphatic heterocycles. The summed E-state index contributed by atoms with van der Waals surface area (Å²) in [6, 6.07) is 6.46. The third-order valence-electron chi connectivity index (χ3n) is 2.68. The van der Waals surface area contributed by atoms with E-state index in [2.05, 4.69) is 5.32 Å². The second-order valence-electron chi connectivity index (χ2n) is 3.82. The molecule has 1 heterocycles. The Kier molecular flexibility index (Phi) is 2.34. The Morgan fingerprint density at radius 2 is 2.20 bits per heavy atom. The largest absolute Gasteiger partial charge is 0.449 e. The van der Waals surface area contributed by atoms with Gasteiger partial charge in [0.05, 0.1) is 12.1 Å². The average Bonchev–Trinajstić information content (AvgIpc) is 2.17. The molecule has 3 nitrogen and oxygen atoms in total. The highest BCUT2D eigenvalue weighted by Crippen LogP contribution is 2.29. The maximum absolute atomic E-state index is 13.6. The van der Waals surface area contributed by atoms with Gasteiger partial charge in [0.15, 0.2) is 0 Å². The molecule has 4 heteroatoms. The first-order valence-corrected chi connectivity index (χ1v) is 4.82. The molecule has 1 aromatic rings. The van der Waals surface area contributed by atoms with Crippen molar-refractivity contribution in [3.05, 3.63) is 35.6 Å². The molecule has 1 aliphatic rings. The molecule has 0 radical (unpaired) electrons. The van der Waals surface area contributed by atoms with Crippen LogP contribution in [0.25, 0.3) is 0 Å². The van der Waals surface area contributed by atoms with Crippen LogP contribution in [0, 0.1) is 5.82 Å². The molecule has 15 heavy (non-hydrogen) atoms. The molecule has 1 fully saturated rings. The Morgan fingerprint density at radius 3 is 2.87 bits per heavy atom. The van der Waals surface area contributed by atoms with Gasteiger partial charge < -0.3 is 10.1 Å². The highest BCUT2D eigenvalue weighted by Gasteiger charge is 2.34. The number of alkyl carbamates (subject to hydrolysis) is 1. The van der Waals surface area contributed by atoms with Crippen molar-refractivity contribution >= 4 is 6.09 Å². The number of cyclic esters (lactones) is 1. The van der Waals surface area contributed by atoms with Gasteiger partial charge in [-0.2, -0.15) is 0 Å². The fourth-order valence-electron chi connectivity index (χ4n) is 1.78. The SMILES string of the molecule is CC1(c2ccccc2F)CCOC(=O)N1. The highest BCUT2D eigenvalue weighted by molar-refractivity contribution is 5.69. The highest BCUT2D eigenvalue weighted by atomic mass is 19.1. The number of hydrogen-bond donors (Lipinski definition) is 1. The van der Waals surface area contributed by atoms with Gasteiger partial charge in [-0.3, -0.25) is 0 Å². The van der Waals surface area contributed by atoms with Gasteiger partial charge in [-0.15, -0.1) is 0 Å². The quantitative estimate of drug-likeness (QED) is 0.769. The standard InChI is InChI=1S/C11H12FNO2/c1-11(6-7-15-10(14)13-11)8-4-2-3-5-9(8)12/h2-5H,6-7H2,1H3,(H,13,14). The molecule has 0 aliphatic carbocycles. The van der Waals surface area contributed by atoms with E-state index in [1.807, 2.05) is 0 Å². The Bertz CT molecular complexity index is 394. The van der Waals surface area contributed by atoms with E-state index in [0.717, 1.165) is 0 Å². The van der Waals surface area contributed by atoms with E-state index >= 15 is 0 Å². The summed E-state index contributed by atoms with van der Waals surface area (Å²) in [5, 5.41) is 2.65. The van der Waals surface area contributed by atoms with Crippen LogP contribution in [-0.2, 0) is 10.3 Å². The van der Waals surface area contributed by atoms with Gasteiger partial charge in [0.1, 0.15) is 5.82 Å². The van der Waals surface area contributed by atoms with E-state index in [1.165, 1.54) is 6.07 Å². The van der Waals surface area contributed by atoms with Crippen LogP contribution in [0.2, 0.25) is 0 Å². The first-order valence-electron chi connectivity index (χ1n) is 4.82. The number of rotatable bonds is 1. The number of halogens is 1. The first kappa shape index (κ1) is 9.96. The van der Waals surface area contributed by atoms with Gasteiger partial charge in [0.2, 0.25) is 0 Å². The Labute approximate surface area is 87.2 Å². The molecular formula is C11H12FNO2. The third-order valence-corrected chi connectivity index (χ3v) is 2.68. The molecule has 2 rings (SSSR count). The summed E-state index contributed by atoms with van der Waals surface area (Å²) in [7, 11) is 0. The van der Waals surface area contributed by atoms with Crippen LogP contribution in [0.4, 0.5) is 9.18 Å². The molecule has 1 saturated heterocycles. The topological polar surface area (TPSA) is 38.3 Å². The zero-order chi connectivity index (χ0) is 10.9. The minimum Gasteiger partial charge on any atom is -0.449 e. The zero-order valence-corrected chi connectivity index (χ0v) is 8.42. The molecule has 0 aromatic heterocycles. The van der Waals surface area contributed by atoms with Crippen molar-refractivity contribution in [3.63, 3.8) is 0 Å². The molecule has 0 bridgehead atoms. The number of hydrogen-bond acceptors (Lipinski definition) is 2. The first-order chi connectivity index (χ1) is 7.12. The van der Waals surface area contributed by atoms with E-state index in [1.54, 1.807) is 25.1 Å². The lowest BCUT2D eigenvalue weighted by Crippen LogP contribution is -2.49. The fraction of sp³-hybridized carbons (Fsp3) is 0.364. The van der Waals surface area contributed by atoms with Crippen LogP contribution in [-0.4, -0.2) is 12.7 Å². The molecule has 1 N–H and O–H groups in total. The summed E-state index contributed by atoms with van der Waals surface area (Å²) in [6.45, 7) is 2.11. The van der Waals surface area contributed by atoms with E-state index in [4.69, 9.17) is 4.74 Å². The summed E-state index contributed by atoms with van der Waals surface area (Å²) < 4.78 is 18.3. The molecule has 0 spiro atoms. The summed E-state index contributed by atoms with van der Waals surface area (Å²) in [5.41, 5.74) is -0.164. The Hall–Kier alpha value is -1.58. The predicted molar refractivity (Wildman–Crippen MR) is 52.9 cm³/mol. The number of amides is 1. The number of carbonyl (C=O) groups is 1. The Morgan fingerprint density at radius 1 is 1.47 bits per heavy atom. The van der Waals surface area contributed by atoms with Crippen molar-refractivity contribution in [2.75, 3.05) is 6.61 Å². The van der Waals surface area contributed by atoms with Gasteiger partial charge in [-0.25, -0.2) is 9.18 Å². The van der Waals surface area contributed by atoms with Crippen molar-refractivity contribution in [1.82, 2.24) is 5.32 Å². The normalized spacial score (nSPS) is 25.6. The van der Waals surface area contributed by atoms with Crippen molar-refractivity contribution < 1.29 is 13.9 Å². The van der Waals surface area contributed by atoms with Crippen LogP contribution in [0.3, 0.4) is 0 Å². The lowest BCUT2D eigenvalue weighted by atomic mass is 9.88. The van der Waals surface area contributed by atoms with Crippen molar-refractivity contribution in [3.8, 4) is 0 Å². The number of ether oxygens (including phenoxy) is 1. The van der Waals surface area contributed by atoms with Crippen molar-refractivity contribution in [2.24, 2.45) is 0 Å². The zero-order valence-electron chi connectivity index (χ0n) is 8.42. The van der Waals surface area contributed by atoms with Gasteiger partial charge in [-0.1, -0.05) is 18.2 Å². The minimum atomic E-state index is -0.666. The van der Waals surface area contributed by atoms with Crippen LogP contribution < -0.4 is 5.32 Å². The second-order valence-corrected chi connectivity index (χ2v) is 3.82. The average molecular weight is 209 g/mol. The van der Waals surface area contributed by atoms with Gasteiger partial charge in [0, 0.05) is 12.0 Å². The van der Waals surface area contributed by atoms with Crippen molar-refractivity contribution in [2.45, 2.75) is 18.9 Å². The number of carbonyl (C=O) groups excluding carboxylic acids is 1. The molecule has 1 amide bonds. The van der Waals surface area contributed by atoms with Crippen molar-refractivity contribution in [1.29, 1.82) is 0 Å². The third kappa shape index (κ3) is 1.79. The minimum absolute atomic E-state index is 0.304. The molecule has 80 valence electrons. The summed E-state index contributed by atoms with van der Waals surface area (Å²) in [5.74, 6) is -0.304. The lowest BCUT2D eigenvalue weighted by molar-refractivity contribution is 0.0905. The van der Waals surface area contributed by atoms with Gasteiger partial charge in [-0.05, 0) is 13.0 Å². The molecule has 1 unspecified atom stereocenters. The van der Waals surface area contributed by atoms with E-state index in [0.29, 0.717) is 18.6 Å². The summed E-state index contributed by atoms with van der Waals surface area (Å²) in [4.78, 5) is 11.1. The number of benzene rings is 1.